The Bertz CT molecular complexity index is 775. The maximum Gasteiger partial charge on any atom is 0.248 e. The van der Waals surface area contributed by atoms with E-state index < -0.39 is 5.91 Å². The quantitative estimate of drug-likeness (QED) is 0.820. The lowest BCUT2D eigenvalue weighted by Crippen LogP contribution is -2.38. The number of benzene rings is 2. The van der Waals surface area contributed by atoms with Crippen LogP contribution in [-0.4, -0.2) is 29.1 Å². The maximum absolute atomic E-state index is 12.2. The molecular formula is C19H19ClN2O2. The van der Waals surface area contributed by atoms with Crippen molar-refractivity contribution < 1.29 is 9.59 Å². The average molecular weight is 343 g/mol. The van der Waals surface area contributed by atoms with Gasteiger partial charge in [-0.25, -0.2) is 0 Å². The molecule has 2 aromatic rings. The second kappa shape index (κ2) is 7.05. The molecule has 124 valence electrons. The Morgan fingerprint density at radius 1 is 1.17 bits per heavy atom. The zero-order chi connectivity index (χ0) is 17.1. The Hall–Kier alpha value is -2.33. The molecule has 0 heterocycles. The number of rotatable bonds is 6. The first-order valence-corrected chi connectivity index (χ1v) is 8.42. The summed E-state index contributed by atoms with van der Waals surface area (Å²) in [6, 6.07) is 15.3. The summed E-state index contributed by atoms with van der Waals surface area (Å²) in [6.45, 7) is 1.05. The Labute approximate surface area is 146 Å². The van der Waals surface area contributed by atoms with Gasteiger partial charge in [0.25, 0.3) is 0 Å². The molecule has 0 radical (unpaired) electrons. The Kier molecular flexibility index (Phi) is 4.86. The second-order valence-electron chi connectivity index (χ2n) is 6.07. The number of amides is 2. The molecule has 2 N–H and O–H groups in total. The van der Waals surface area contributed by atoms with E-state index in [-0.39, 0.29) is 11.8 Å². The van der Waals surface area contributed by atoms with E-state index in [0.29, 0.717) is 24.6 Å². The summed E-state index contributed by atoms with van der Waals surface area (Å²) in [5, 5.41) is 0. The van der Waals surface area contributed by atoms with Crippen molar-refractivity contribution in [1.29, 1.82) is 0 Å². The van der Waals surface area contributed by atoms with E-state index in [2.05, 4.69) is 12.1 Å². The molecule has 0 fully saturated rings. The number of fused-ring (bicyclic) bond motifs is 1. The van der Waals surface area contributed by atoms with Gasteiger partial charge in [0, 0.05) is 24.6 Å². The predicted molar refractivity (Wildman–Crippen MR) is 94.0 cm³/mol. The van der Waals surface area contributed by atoms with Crippen molar-refractivity contribution in [2.75, 3.05) is 12.4 Å². The van der Waals surface area contributed by atoms with Gasteiger partial charge < -0.3 is 10.6 Å². The third-order valence-electron chi connectivity index (χ3n) is 4.45. The summed E-state index contributed by atoms with van der Waals surface area (Å²) in [6.07, 6.45) is 0.976. The second-order valence-corrected chi connectivity index (χ2v) is 6.34. The first-order chi connectivity index (χ1) is 11.6. The van der Waals surface area contributed by atoms with Crippen LogP contribution in [0.25, 0.3) is 0 Å². The molecule has 0 saturated carbocycles. The number of nitrogens with two attached hydrogens (primary N) is 1. The van der Waals surface area contributed by atoms with Crippen molar-refractivity contribution in [3.63, 3.8) is 0 Å². The van der Waals surface area contributed by atoms with Crippen molar-refractivity contribution in [2.45, 2.75) is 18.9 Å². The first-order valence-electron chi connectivity index (χ1n) is 7.88. The van der Waals surface area contributed by atoms with Crippen LogP contribution in [0, 0.1) is 0 Å². The summed E-state index contributed by atoms with van der Waals surface area (Å²) in [5.41, 5.74) is 9.29. The van der Waals surface area contributed by atoms with Crippen LogP contribution in [0.2, 0.25) is 0 Å². The lowest BCUT2D eigenvalue weighted by molar-refractivity contribution is -0.129. The average Bonchev–Trinajstić information content (AvgIpc) is 2.58. The molecule has 4 nitrogen and oxygen atoms in total. The zero-order valence-corrected chi connectivity index (χ0v) is 14.0. The standard InChI is InChI=1S/C19H19ClN2O2/c20-10-18(23)22(11-13-4-3-6-15(8-13)19(21)24)12-16-9-14-5-1-2-7-17(14)16/h1-8,16H,9-12H2,(H2,21,24). The maximum atomic E-state index is 12.2. The lowest BCUT2D eigenvalue weighted by Gasteiger charge is -2.35. The van der Waals surface area contributed by atoms with Gasteiger partial charge in [0.1, 0.15) is 5.88 Å². The highest BCUT2D eigenvalue weighted by atomic mass is 35.5. The van der Waals surface area contributed by atoms with Crippen LogP contribution in [0.15, 0.2) is 48.5 Å². The highest BCUT2D eigenvalue weighted by molar-refractivity contribution is 6.27. The van der Waals surface area contributed by atoms with Gasteiger partial charge >= 0.3 is 0 Å². The molecule has 0 bridgehead atoms. The molecule has 5 heteroatoms. The summed E-state index contributed by atoms with van der Waals surface area (Å²) in [7, 11) is 0. The number of alkyl halides is 1. The van der Waals surface area contributed by atoms with Crippen molar-refractivity contribution >= 4 is 23.4 Å². The highest BCUT2D eigenvalue weighted by Crippen LogP contribution is 2.35. The molecule has 1 atom stereocenters. The molecule has 2 amide bonds. The third kappa shape index (κ3) is 3.44. The fraction of sp³-hybridized carbons (Fsp3) is 0.263. The van der Waals surface area contributed by atoms with E-state index >= 15 is 0 Å². The molecular weight excluding hydrogens is 324 g/mol. The largest absolute Gasteiger partial charge is 0.366 e. The molecule has 1 aliphatic carbocycles. The Balaban J connectivity index is 1.75. The molecule has 0 aliphatic heterocycles. The van der Waals surface area contributed by atoms with Crippen LogP contribution in [0.5, 0.6) is 0 Å². The smallest absolute Gasteiger partial charge is 0.248 e. The minimum Gasteiger partial charge on any atom is -0.366 e. The molecule has 3 rings (SSSR count). The van der Waals surface area contributed by atoms with Gasteiger partial charge in [-0.15, -0.1) is 11.6 Å². The highest BCUT2D eigenvalue weighted by Gasteiger charge is 2.28. The summed E-state index contributed by atoms with van der Waals surface area (Å²) in [5.74, 6) is -0.289. The summed E-state index contributed by atoms with van der Waals surface area (Å²) in [4.78, 5) is 25.3. The van der Waals surface area contributed by atoms with E-state index in [1.54, 1.807) is 23.1 Å². The van der Waals surface area contributed by atoms with E-state index in [0.717, 1.165) is 12.0 Å². The first kappa shape index (κ1) is 16.5. The van der Waals surface area contributed by atoms with Crippen molar-refractivity contribution in [2.24, 2.45) is 5.73 Å². The molecule has 1 aliphatic rings. The number of halogens is 1. The SMILES string of the molecule is NC(=O)c1cccc(CN(CC2Cc3ccccc32)C(=O)CCl)c1. The van der Waals surface area contributed by atoms with Gasteiger partial charge in [0.05, 0.1) is 0 Å². The van der Waals surface area contributed by atoms with Gasteiger partial charge in [0.15, 0.2) is 0 Å². The summed E-state index contributed by atoms with van der Waals surface area (Å²) >= 11 is 5.77. The number of carbonyl (C=O) groups excluding carboxylic acids is 2. The van der Waals surface area contributed by atoms with Crippen molar-refractivity contribution in [3.05, 3.63) is 70.8 Å². The van der Waals surface area contributed by atoms with Gasteiger partial charge in [-0.2, -0.15) is 0 Å². The molecule has 2 aromatic carbocycles. The number of hydrogen-bond donors (Lipinski definition) is 1. The van der Waals surface area contributed by atoms with Crippen LogP contribution >= 0.6 is 11.6 Å². The molecule has 0 saturated heterocycles. The number of nitrogens with zero attached hydrogens (tertiary/aromatic N) is 1. The lowest BCUT2D eigenvalue weighted by atomic mass is 9.77. The molecule has 0 aromatic heterocycles. The fourth-order valence-corrected chi connectivity index (χ4v) is 3.34. The van der Waals surface area contributed by atoms with Gasteiger partial charge in [0.2, 0.25) is 11.8 Å². The van der Waals surface area contributed by atoms with Crippen molar-refractivity contribution in [3.8, 4) is 0 Å². The van der Waals surface area contributed by atoms with E-state index in [1.165, 1.54) is 11.1 Å². The predicted octanol–water partition coefficient (Wildman–Crippen LogP) is 2.69. The zero-order valence-electron chi connectivity index (χ0n) is 13.2. The normalized spacial score (nSPS) is 15.3. The Morgan fingerprint density at radius 3 is 2.67 bits per heavy atom. The summed E-state index contributed by atoms with van der Waals surface area (Å²) < 4.78 is 0. The van der Waals surface area contributed by atoms with Gasteiger partial charge in [-0.1, -0.05) is 36.4 Å². The van der Waals surface area contributed by atoms with Crippen LogP contribution in [0.4, 0.5) is 0 Å². The van der Waals surface area contributed by atoms with Gasteiger partial charge in [-0.05, 0) is 35.2 Å². The van der Waals surface area contributed by atoms with E-state index in [1.807, 2.05) is 18.2 Å². The molecule has 24 heavy (non-hydrogen) atoms. The fourth-order valence-electron chi connectivity index (χ4n) is 3.17. The van der Waals surface area contributed by atoms with E-state index in [9.17, 15) is 9.59 Å². The third-order valence-corrected chi connectivity index (χ3v) is 4.68. The van der Waals surface area contributed by atoms with E-state index in [4.69, 9.17) is 17.3 Å². The minimum absolute atomic E-state index is 0.0517. The number of hydrogen-bond acceptors (Lipinski definition) is 2. The molecule has 0 spiro atoms. The minimum atomic E-state index is -0.472. The van der Waals surface area contributed by atoms with Crippen molar-refractivity contribution in [1.82, 2.24) is 4.90 Å². The molecule has 1 unspecified atom stereocenters. The van der Waals surface area contributed by atoms with Crippen LogP contribution < -0.4 is 5.73 Å². The topological polar surface area (TPSA) is 63.4 Å². The number of carbonyl (C=O) groups is 2. The van der Waals surface area contributed by atoms with Crippen LogP contribution in [-0.2, 0) is 17.8 Å². The number of primary amides is 1. The monoisotopic (exact) mass is 342 g/mol. The van der Waals surface area contributed by atoms with Crippen LogP contribution in [0.1, 0.15) is 33.0 Å². The van der Waals surface area contributed by atoms with Crippen LogP contribution in [0.3, 0.4) is 0 Å². The Morgan fingerprint density at radius 2 is 1.96 bits per heavy atom. The van der Waals surface area contributed by atoms with Gasteiger partial charge in [-0.3, -0.25) is 9.59 Å².